The van der Waals surface area contributed by atoms with E-state index in [-0.39, 0.29) is 17.4 Å². The van der Waals surface area contributed by atoms with Gasteiger partial charge in [-0.05, 0) is 25.5 Å². The summed E-state index contributed by atoms with van der Waals surface area (Å²) in [6.07, 6.45) is 2.00. The van der Waals surface area contributed by atoms with Crippen molar-refractivity contribution in [1.29, 1.82) is 0 Å². The van der Waals surface area contributed by atoms with E-state index in [9.17, 15) is 9.90 Å². The third kappa shape index (κ3) is 2.19. The lowest BCUT2D eigenvalue weighted by Gasteiger charge is -2.16. The number of phenols is 1. The number of carbonyl (C=O) groups is 1. The molecule has 5 nitrogen and oxygen atoms in total. The van der Waals surface area contributed by atoms with Crippen molar-refractivity contribution in [1.82, 2.24) is 5.32 Å². The molecule has 0 amide bonds. The van der Waals surface area contributed by atoms with E-state index in [2.05, 4.69) is 5.32 Å². The van der Waals surface area contributed by atoms with Gasteiger partial charge in [0.2, 0.25) is 0 Å². The fourth-order valence-electron chi connectivity index (χ4n) is 2.16. The first-order valence-electron chi connectivity index (χ1n) is 5.51. The van der Waals surface area contributed by atoms with Crippen molar-refractivity contribution >= 4 is 5.97 Å². The molecule has 1 saturated heterocycles. The molecule has 3 N–H and O–H groups in total. The van der Waals surface area contributed by atoms with Gasteiger partial charge in [0, 0.05) is 17.7 Å². The van der Waals surface area contributed by atoms with E-state index in [1.54, 1.807) is 0 Å². The molecule has 0 saturated carbocycles. The fraction of sp³-hybridized carbons (Fsp3) is 0.417. The van der Waals surface area contributed by atoms with Crippen LogP contribution >= 0.6 is 0 Å². The van der Waals surface area contributed by atoms with Crippen LogP contribution in [-0.4, -0.2) is 29.8 Å². The maximum atomic E-state index is 11.0. The Labute approximate surface area is 99.0 Å². The molecule has 17 heavy (non-hydrogen) atoms. The molecule has 0 aliphatic carbocycles. The Morgan fingerprint density at radius 1 is 1.53 bits per heavy atom. The number of carboxylic acids is 1. The SMILES string of the molecule is COc1cc(O)c(C(=O)O)cc1C1CCCN1. The van der Waals surface area contributed by atoms with Crippen LogP contribution in [-0.2, 0) is 0 Å². The average Bonchev–Trinajstić information content (AvgIpc) is 2.81. The van der Waals surface area contributed by atoms with E-state index in [4.69, 9.17) is 9.84 Å². The second-order valence-corrected chi connectivity index (χ2v) is 4.07. The van der Waals surface area contributed by atoms with Gasteiger partial charge >= 0.3 is 5.97 Å². The highest BCUT2D eigenvalue weighted by Gasteiger charge is 2.23. The normalized spacial score (nSPS) is 19.2. The molecule has 1 heterocycles. The maximum absolute atomic E-state index is 11.0. The highest BCUT2D eigenvalue weighted by Crippen LogP contribution is 2.35. The molecule has 1 aromatic rings. The van der Waals surface area contributed by atoms with Crippen molar-refractivity contribution < 1.29 is 19.7 Å². The van der Waals surface area contributed by atoms with Gasteiger partial charge in [0.05, 0.1) is 7.11 Å². The number of aromatic hydroxyl groups is 1. The molecular formula is C12H15NO4. The molecule has 1 unspecified atom stereocenters. The van der Waals surface area contributed by atoms with Gasteiger partial charge in [0.1, 0.15) is 17.1 Å². The van der Waals surface area contributed by atoms with Crippen molar-refractivity contribution in [3.63, 3.8) is 0 Å². The standard InChI is InChI=1S/C12H15NO4/c1-17-11-6-10(14)8(12(15)16)5-7(11)9-3-2-4-13-9/h5-6,9,13-14H,2-4H2,1H3,(H,15,16). The lowest BCUT2D eigenvalue weighted by Crippen LogP contribution is -2.14. The molecule has 1 aromatic carbocycles. The zero-order valence-corrected chi connectivity index (χ0v) is 9.56. The van der Waals surface area contributed by atoms with E-state index in [0.717, 1.165) is 24.9 Å². The molecule has 2 rings (SSSR count). The summed E-state index contributed by atoms with van der Waals surface area (Å²) in [5, 5.41) is 21.8. The number of ether oxygens (including phenoxy) is 1. The lowest BCUT2D eigenvalue weighted by molar-refractivity contribution is 0.0693. The first-order valence-corrected chi connectivity index (χ1v) is 5.51. The van der Waals surface area contributed by atoms with Gasteiger partial charge in [-0.2, -0.15) is 0 Å². The third-order valence-electron chi connectivity index (χ3n) is 3.01. The van der Waals surface area contributed by atoms with E-state index >= 15 is 0 Å². The van der Waals surface area contributed by atoms with Crippen molar-refractivity contribution in [3.8, 4) is 11.5 Å². The summed E-state index contributed by atoms with van der Waals surface area (Å²) in [4.78, 5) is 11.0. The van der Waals surface area contributed by atoms with E-state index in [1.807, 2.05) is 0 Å². The first-order chi connectivity index (χ1) is 8.13. The number of benzene rings is 1. The number of hydrogen-bond acceptors (Lipinski definition) is 4. The van der Waals surface area contributed by atoms with Crippen LogP contribution < -0.4 is 10.1 Å². The van der Waals surface area contributed by atoms with Gasteiger partial charge in [-0.15, -0.1) is 0 Å². The quantitative estimate of drug-likeness (QED) is 0.743. The predicted molar refractivity (Wildman–Crippen MR) is 61.6 cm³/mol. The molecule has 5 heteroatoms. The highest BCUT2D eigenvalue weighted by atomic mass is 16.5. The largest absolute Gasteiger partial charge is 0.507 e. The van der Waals surface area contributed by atoms with Crippen LogP contribution in [0.4, 0.5) is 0 Å². The molecule has 1 fully saturated rings. The van der Waals surface area contributed by atoms with E-state index < -0.39 is 5.97 Å². The Hall–Kier alpha value is -1.75. The van der Waals surface area contributed by atoms with E-state index in [1.165, 1.54) is 19.2 Å². The fourth-order valence-corrected chi connectivity index (χ4v) is 2.16. The van der Waals surface area contributed by atoms with Gasteiger partial charge in [-0.25, -0.2) is 4.79 Å². The van der Waals surface area contributed by atoms with Crippen LogP contribution in [0.1, 0.15) is 34.8 Å². The number of nitrogens with one attached hydrogen (secondary N) is 1. The summed E-state index contributed by atoms with van der Waals surface area (Å²) in [7, 11) is 1.51. The molecule has 0 bridgehead atoms. The summed E-state index contributed by atoms with van der Waals surface area (Å²) in [5.74, 6) is -0.882. The Morgan fingerprint density at radius 3 is 2.82 bits per heavy atom. The van der Waals surface area contributed by atoms with Crippen LogP contribution in [0.25, 0.3) is 0 Å². The van der Waals surface area contributed by atoms with Crippen molar-refractivity contribution in [3.05, 3.63) is 23.3 Å². The summed E-state index contributed by atoms with van der Waals surface area (Å²) >= 11 is 0. The number of hydrogen-bond donors (Lipinski definition) is 3. The topological polar surface area (TPSA) is 78.8 Å². The molecule has 1 aliphatic rings. The van der Waals surface area contributed by atoms with Crippen LogP contribution in [0, 0.1) is 0 Å². The highest BCUT2D eigenvalue weighted by molar-refractivity contribution is 5.91. The minimum atomic E-state index is -1.13. The van der Waals surface area contributed by atoms with Gasteiger partial charge in [-0.3, -0.25) is 0 Å². The Bertz CT molecular complexity index is 438. The number of aromatic carboxylic acids is 1. The molecule has 0 radical (unpaired) electrons. The molecule has 1 atom stereocenters. The average molecular weight is 237 g/mol. The van der Waals surface area contributed by atoms with Crippen LogP contribution in [0.3, 0.4) is 0 Å². The second kappa shape index (κ2) is 4.63. The number of carboxylic acid groups (broad SMARTS) is 1. The minimum Gasteiger partial charge on any atom is -0.507 e. The third-order valence-corrected chi connectivity index (χ3v) is 3.01. The smallest absolute Gasteiger partial charge is 0.339 e. The van der Waals surface area contributed by atoms with Gasteiger partial charge in [-0.1, -0.05) is 0 Å². The minimum absolute atomic E-state index is 0.0884. The molecular weight excluding hydrogens is 222 g/mol. The molecule has 0 spiro atoms. The summed E-state index contributed by atoms with van der Waals surface area (Å²) in [6.45, 7) is 0.914. The summed E-state index contributed by atoms with van der Waals surface area (Å²) < 4.78 is 5.18. The van der Waals surface area contributed by atoms with Crippen molar-refractivity contribution in [2.75, 3.05) is 13.7 Å². The van der Waals surface area contributed by atoms with Crippen molar-refractivity contribution in [2.45, 2.75) is 18.9 Å². The summed E-state index contributed by atoms with van der Waals surface area (Å²) in [6, 6.07) is 2.95. The molecule has 0 aromatic heterocycles. The van der Waals surface area contributed by atoms with Crippen LogP contribution in [0.2, 0.25) is 0 Å². The van der Waals surface area contributed by atoms with Crippen LogP contribution in [0.5, 0.6) is 11.5 Å². The van der Waals surface area contributed by atoms with Gasteiger partial charge in [0.25, 0.3) is 0 Å². The second-order valence-electron chi connectivity index (χ2n) is 4.07. The maximum Gasteiger partial charge on any atom is 0.339 e. The zero-order valence-electron chi connectivity index (χ0n) is 9.56. The Kier molecular flexibility index (Phi) is 3.19. The van der Waals surface area contributed by atoms with Gasteiger partial charge < -0.3 is 20.3 Å². The van der Waals surface area contributed by atoms with Crippen molar-refractivity contribution in [2.24, 2.45) is 0 Å². The Balaban J connectivity index is 2.47. The monoisotopic (exact) mass is 237 g/mol. The predicted octanol–water partition coefficient (Wildman–Crippen LogP) is 1.52. The first kappa shape index (κ1) is 11.7. The molecule has 1 aliphatic heterocycles. The molecule has 92 valence electrons. The lowest BCUT2D eigenvalue weighted by atomic mass is 10.0. The number of rotatable bonds is 3. The summed E-state index contributed by atoms with van der Waals surface area (Å²) in [5.41, 5.74) is 0.703. The van der Waals surface area contributed by atoms with Crippen LogP contribution in [0.15, 0.2) is 12.1 Å². The zero-order chi connectivity index (χ0) is 12.4. The Morgan fingerprint density at radius 2 is 2.29 bits per heavy atom. The van der Waals surface area contributed by atoms with E-state index in [0.29, 0.717) is 5.75 Å². The van der Waals surface area contributed by atoms with Gasteiger partial charge in [0.15, 0.2) is 0 Å². The number of methoxy groups -OCH3 is 1.